The number of amides is 1. The van der Waals surface area contributed by atoms with Gasteiger partial charge in [-0.15, -0.1) is 0 Å². The summed E-state index contributed by atoms with van der Waals surface area (Å²) in [5.41, 5.74) is 7.45. The number of carbonyl (C=O) groups is 1. The van der Waals surface area contributed by atoms with Crippen LogP contribution in [0.2, 0.25) is 10.0 Å². The molecule has 106 valence electrons. The van der Waals surface area contributed by atoms with Crippen LogP contribution in [0.1, 0.15) is 10.4 Å². The van der Waals surface area contributed by atoms with Crippen molar-refractivity contribution in [3.05, 3.63) is 52.0 Å². The molecular weight excluding hydrogens is 329 g/mol. The molecule has 21 heavy (non-hydrogen) atoms. The van der Waals surface area contributed by atoms with Crippen molar-refractivity contribution in [2.45, 2.75) is 0 Å². The molecule has 0 saturated heterocycles. The highest BCUT2D eigenvalue weighted by atomic mass is 35.5. The van der Waals surface area contributed by atoms with Gasteiger partial charge in [0.1, 0.15) is 0 Å². The Bertz CT molecular complexity index is 847. The SMILES string of the molecule is Nc1nc2ccc(C(=O)Nc3ccc(Cl)cc3Cl)cc2s1. The first-order valence-corrected chi connectivity index (χ1v) is 7.52. The highest BCUT2D eigenvalue weighted by Crippen LogP contribution is 2.27. The summed E-state index contributed by atoms with van der Waals surface area (Å²) in [6.07, 6.45) is 0. The predicted octanol–water partition coefficient (Wildman–Crippen LogP) is 4.44. The lowest BCUT2D eigenvalue weighted by molar-refractivity contribution is 0.102. The van der Waals surface area contributed by atoms with Gasteiger partial charge in [0, 0.05) is 10.6 Å². The molecule has 3 N–H and O–H groups in total. The fraction of sp³-hybridized carbons (Fsp3) is 0. The number of nitrogens with two attached hydrogens (primary N) is 1. The monoisotopic (exact) mass is 337 g/mol. The topological polar surface area (TPSA) is 68.0 Å². The summed E-state index contributed by atoms with van der Waals surface area (Å²) >= 11 is 13.2. The summed E-state index contributed by atoms with van der Waals surface area (Å²) < 4.78 is 0.863. The first-order chi connectivity index (χ1) is 10.0. The molecule has 0 aliphatic heterocycles. The number of rotatable bonds is 2. The van der Waals surface area contributed by atoms with Crippen LogP contribution >= 0.6 is 34.5 Å². The number of anilines is 2. The number of fused-ring (bicyclic) bond motifs is 1. The standard InChI is InChI=1S/C14H9Cl2N3OS/c15-8-2-4-10(9(16)6-8)18-13(20)7-1-3-11-12(5-7)21-14(17)19-11/h1-6H,(H2,17,19)(H,18,20). The molecule has 0 atom stereocenters. The van der Waals surface area contributed by atoms with Gasteiger partial charge < -0.3 is 11.1 Å². The van der Waals surface area contributed by atoms with Crippen LogP contribution in [-0.4, -0.2) is 10.9 Å². The molecule has 1 amide bonds. The number of nitrogens with one attached hydrogen (secondary N) is 1. The smallest absolute Gasteiger partial charge is 0.255 e. The third-order valence-corrected chi connectivity index (χ3v) is 4.24. The molecular formula is C14H9Cl2N3OS. The minimum atomic E-state index is -0.256. The maximum atomic E-state index is 12.3. The lowest BCUT2D eigenvalue weighted by Crippen LogP contribution is -2.11. The first-order valence-electron chi connectivity index (χ1n) is 5.95. The Morgan fingerprint density at radius 1 is 1.19 bits per heavy atom. The molecule has 0 unspecified atom stereocenters. The Labute approximate surface area is 134 Å². The maximum absolute atomic E-state index is 12.3. The number of nitrogens with zero attached hydrogens (tertiary/aromatic N) is 1. The quantitative estimate of drug-likeness (QED) is 0.726. The normalized spacial score (nSPS) is 10.8. The van der Waals surface area contributed by atoms with Crippen molar-refractivity contribution in [1.82, 2.24) is 4.98 Å². The summed E-state index contributed by atoms with van der Waals surface area (Å²) in [6, 6.07) is 10.1. The van der Waals surface area contributed by atoms with Crippen LogP contribution in [0.25, 0.3) is 10.2 Å². The number of carbonyl (C=O) groups excluding carboxylic acids is 1. The number of hydrogen-bond acceptors (Lipinski definition) is 4. The Morgan fingerprint density at radius 2 is 2.00 bits per heavy atom. The second kappa shape index (κ2) is 5.52. The zero-order chi connectivity index (χ0) is 15.0. The second-order valence-corrected chi connectivity index (χ2v) is 6.22. The van der Waals surface area contributed by atoms with Crippen LogP contribution in [0.4, 0.5) is 10.8 Å². The van der Waals surface area contributed by atoms with Crippen molar-refractivity contribution >= 4 is 61.5 Å². The van der Waals surface area contributed by atoms with Gasteiger partial charge in [0.2, 0.25) is 0 Å². The lowest BCUT2D eigenvalue weighted by Gasteiger charge is -2.07. The van der Waals surface area contributed by atoms with Gasteiger partial charge in [-0.25, -0.2) is 4.98 Å². The van der Waals surface area contributed by atoms with Gasteiger partial charge in [0.25, 0.3) is 5.91 Å². The van der Waals surface area contributed by atoms with E-state index in [2.05, 4.69) is 10.3 Å². The first kappa shape index (κ1) is 14.1. The van der Waals surface area contributed by atoms with Crippen LogP contribution in [0.3, 0.4) is 0 Å². The fourth-order valence-electron chi connectivity index (χ4n) is 1.87. The van der Waals surface area contributed by atoms with Crippen molar-refractivity contribution in [3.63, 3.8) is 0 Å². The average Bonchev–Trinajstić information content (AvgIpc) is 2.80. The summed E-state index contributed by atoms with van der Waals surface area (Å²) in [4.78, 5) is 16.4. The van der Waals surface area contributed by atoms with E-state index >= 15 is 0 Å². The van der Waals surface area contributed by atoms with E-state index in [-0.39, 0.29) is 5.91 Å². The molecule has 7 heteroatoms. The fourth-order valence-corrected chi connectivity index (χ4v) is 3.10. The zero-order valence-electron chi connectivity index (χ0n) is 10.6. The Kier molecular flexibility index (Phi) is 3.71. The van der Waals surface area contributed by atoms with Crippen molar-refractivity contribution < 1.29 is 4.79 Å². The van der Waals surface area contributed by atoms with Crippen LogP contribution in [0.5, 0.6) is 0 Å². The number of nitrogen functional groups attached to an aromatic ring is 1. The van der Waals surface area contributed by atoms with E-state index in [9.17, 15) is 4.79 Å². The highest BCUT2D eigenvalue weighted by Gasteiger charge is 2.11. The molecule has 3 aromatic rings. The molecule has 2 aromatic carbocycles. The van der Waals surface area contributed by atoms with E-state index in [0.717, 1.165) is 10.2 Å². The Morgan fingerprint density at radius 3 is 2.76 bits per heavy atom. The number of aromatic nitrogens is 1. The highest BCUT2D eigenvalue weighted by molar-refractivity contribution is 7.22. The molecule has 0 radical (unpaired) electrons. The van der Waals surface area contributed by atoms with Crippen LogP contribution < -0.4 is 11.1 Å². The van der Waals surface area contributed by atoms with Crippen LogP contribution in [-0.2, 0) is 0 Å². The molecule has 4 nitrogen and oxygen atoms in total. The van der Waals surface area contributed by atoms with E-state index in [1.165, 1.54) is 11.3 Å². The minimum absolute atomic E-state index is 0.256. The number of benzene rings is 2. The molecule has 3 rings (SSSR count). The molecule has 0 bridgehead atoms. The van der Waals surface area contributed by atoms with Gasteiger partial charge in [-0.2, -0.15) is 0 Å². The van der Waals surface area contributed by atoms with E-state index in [0.29, 0.717) is 26.4 Å². The van der Waals surface area contributed by atoms with Gasteiger partial charge in [-0.05, 0) is 36.4 Å². The van der Waals surface area contributed by atoms with Gasteiger partial charge >= 0.3 is 0 Å². The van der Waals surface area contributed by atoms with Gasteiger partial charge in [-0.3, -0.25) is 4.79 Å². The molecule has 1 heterocycles. The Balaban J connectivity index is 1.89. The second-order valence-electron chi connectivity index (χ2n) is 4.31. The summed E-state index contributed by atoms with van der Waals surface area (Å²) in [7, 11) is 0. The summed E-state index contributed by atoms with van der Waals surface area (Å²) in [5, 5.41) is 4.13. The number of halogens is 2. The van der Waals surface area contributed by atoms with Crippen LogP contribution in [0.15, 0.2) is 36.4 Å². The van der Waals surface area contributed by atoms with Crippen molar-refractivity contribution in [1.29, 1.82) is 0 Å². The molecule has 0 spiro atoms. The zero-order valence-corrected chi connectivity index (χ0v) is 12.9. The van der Waals surface area contributed by atoms with Gasteiger partial charge in [-0.1, -0.05) is 34.5 Å². The van der Waals surface area contributed by atoms with E-state index in [1.807, 2.05) is 0 Å². The molecule has 0 aliphatic carbocycles. The van der Waals surface area contributed by atoms with E-state index < -0.39 is 0 Å². The van der Waals surface area contributed by atoms with Crippen molar-refractivity contribution in [3.8, 4) is 0 Å². The maximum Gasteiger partial charge on any atom is 0.255 e. The molecule has 0 fully saturated rings. The summed E-state index contributed by atoms with van der Waals surface area (Å²) in [6.45, 7) is 0. The minimum Gasteiger partial charge on any atom is -0.375 e. The van der Waals surface area contributed by atoms with Gasteiger partial charge in [0.05, 0.1) is 20.9 Å². The van der Waals surface area contributed by atoms with Crippen molar-refractivity contribution in [2.24, 2.45) is 0 Å². The van der Waals surface area contributed by atoms with Crippen LogP contribution in [0, 0.1) is 0 Å². The largest absolute Gasteiger partial charge is 0.375 e. The summed E-state index contributed by atoms with van der Waals surface area (Å²) in [5.74, 6) is -0.256. The average molecular weight is 338 g/mol. The number of hydrogen-bond donors (Lipinski definition) is 2. The molecule has 0 aliphatic rings. The van der Waals surface area contributed by atoms with E-state index in [4.69, 9.17) is 28.9 Å². The van der Waals surface area contributed by atoms with Gasteiger partial charge in [0.15, 0.2) is 5.13 Å². The third-order valence-electron chi connectivity index (χ3n) is 2.85. The van der Waals surface area contributed by atoms with Crippen molar-refractivity contribution in [2.75, 3.05) is 11.1 Å². The lowest BCUT2D eigenvalue weighted by atomic mass is 10.2. The predicted molar refractivity (Wildman–Crippen MR) is 88.4 cm³/mol. The van der Waals surface area contributed by atoms with E-state index in [1.54, 1.807) is 36.4 Å². The molecule has 1 aromatic heterocycles. The number of thiazole rings is 1. The Hall–Kier alpha value is -1.82. The molecule has 0 saturated carbocycles. The third kappa shape index (κ3) is 2.95.